The number of fused-ring (bicyclic) bond motifs is 1. The molecular formula is C29H41N3O6. The molecule has 9 heteroatoms. The summed E-state index contributed by atoms with van der Waals surface area (Å²) in [5.74, 6) is 0.187. The lowest BCUT2D eigenvalue weighted by molar-refractivity contribution is -0.133. The van der Waals surface area contributed by atoms with E-state index in [1.54, 1.807) is 25.3 Å². The lowest BCUT2D eigenvalue weighted by atomic mass is 9.89. The van der Waals surface area contributed by atoms with Crippen molar-refractivity contribution in [1.82, 2.24) is 14.4 Å². The number of β-amino-alcohol motifs (C(OH)–C–C–N with tert-alkyl or cyclic N) is 1. The van der Waals surface area contributed by atoms with E-state index in [-0.39, 0.29) is 30.8 Å². The number of hydrogen-bond acceptors (Lipinski definition) is 6. The highest BCUT2D eigenvalue weighted by molar-refractivity contribution is 5.92. The Kier molecular flexibility index (Phi) is 7.79. The van der Waals surface area contributed by atoms with Gasteiger partial charge in [0.15, 0.2) is 0 Å². The van der Waals surface area contributed by atoms with Crippen LogP contribution in [0, 0.1) is 0 Å². The van der Waals surface area contributed by atoms with Crippen molar-refractivity contribution in [2.24, 2.45) is 0 Å². The Bertz CT molecular complexity index is 1180. The third kappa shape index (κ3) is 6.49. The molecule has 1 N–H and O–H groups in total. The number of nitrogens with zero attached hydrogens (tertiary/aromatic N) is 3. The maximum Gasteiger partial charge on any atom is 0.419 e. The number of aromatic nitrogens is 1. The van der Waals surface area contributed by atoms with Crippen LogP contribution in [-0.4, -0.2) is 80.5 Å². The Balaban J connectivity index is 1.41. The number of amides is 2. The summed E-state index contributed by atoms with van der Waals surface area (Å²) in [7, 11) is 0. The summed E-state index contributed by atoms with van der Waals surface area (Å²) in [6.45, 7) is 12.3. The lowest BCUT2D eigenvalue weighted by Gasteiger charge is -2.34. The van der Waals surface area contributed by atoms with Gasteiger partial charge in [-0.25, -0.2) is 9.59 Å². The van der Waals surface area contributed by atoms with Gasteiger partial charge in [-0.05, 0) is 78.4 Å². The van der Waals surface area contributed by atoms with Gasteiger partial charge in [0.1, 0.15) is 11.2 Å². The van der Waals surface area contributed by atoms with Crippen molar-refractivity contribution in [2.75, 3.05) is 19.6 Å². The molecule has 2 aromatic rings. The van der Waals surface area contributed by atoms with Gasteiger partial charge in [0.2, 0.25) is 5.91 Å². The van der Waals surface area contributed by atoms with Gasteiger partial charge in [-0.3, -0.25) is 9.36 Å². The van der Waals surface area contributed by atoms with E-state index in [1.165, 1.54) is 4.90 Å². The largest absolute Gasteiger partial charge is 0.444 e. The minimum Gasteiger partial charge on any atom is -0.444 e. The monoisotopic (exact) mass is 527 g/mol. The number of aliphatic hydroxyl groups excluding tert-OH is 1. The number of rotatable bonds is 3. The molecule has 2 amide bonds. The zero-order chi connectivity index (χ0) is 27.8. The molecular weight excluding hydrogens is 486 g/mol. The molecule has 2 atom stereocenters. The molecule has 0 saturated carbocycles. The second kappa shape index (κ2) is 10.6. The molecule has 9 nitrogen and oxygen atoms in total. The minimum absolute atomic E-state index is 0.0210. The quantitative estimate of drug-likeness (QED) is 0.610. The number of ether oxygens (including phenoxy) is 2. The standard InChI is InChI=1S/C29H41N3O6/c1-28(2,3)37-26(35)31-17-21(33)15-20(31)16-25(34)30-13-11-19(12-14-30)23-18-32(27(36)38-29(4,5)6)24-10-8-7-9-22(23)24/h7-10,18-21,33H,11-17H2,1-6H3. The van der Waals surface area contributed by atoms with Crippen molar-refractivity contribution in [1.29, 1.82) is 0 Å². The average molecular weight is 528 g/mol. The van der Waals surface area contributed by atoms with Gasteiger partial charge >= 0.3 is 12.2 Å². The van der Waals surface area contributed by atoms with Crippen LogP contribution in [0.25, 0.3) is 10.9 Å². The molecule has 2 aliphatic rings. The summed E-state index contributed by atoms with van der Waals surface area (Å²) in [4.78, 5) is 42.1. The second-order valence-corrected chi connectivity index (χ2v) is 12.5. The van der Waals surface area contributed by atoms with E-state index >= 15 is 0 Å². The van der Waals surface area contributed by atoms with Crippen molar-refractivity contribution in [3.8, 4) is 0 Å². The van der Waals surface area contributed by atoms with Crippen LogP contribution in [0.4, 0.5) is 9.59 Å². The molecule has 0 radical (unpaired) electrons. The fourth-order valence-electron chi connectivity index (χ4n) is 5.39. The number of aliphatic hydroxyl groups is 1. The van der Waals surface area contributed by atoms with Gasteiger partial charge in [0, 0.05) is 37.1 Å². The molecule has 0 spiro atoms. The van der Waals surface area contributed by atoms with Gasteiger partial charge in [0.25, 0.3) is 0 Å². The highest BCUT2D eigenvalue weighted by Crippen LogP contribution is 2.35. The molecule has 2 saturated heterocycles. The fourth-order valence-corrected chi connectivity index (χ4v) is 5.39. The van der Waals surface area contributed by atoms with Gasteiger partial charge in [0.05, 0.1) is 18.2 Å². The van der Waals surface area contributed by atoms with E-state index < -0.39 is 29.5 Å². The van der Waals surface area contributed by atoms with Crippen molar-refractivity contribution >= 4 is 29.0 Å². The number of para-hydroxylation sites is 1. The Morgan fingerprint density at radius 3 is 2.18 bits per heavy atom. The van der Waals surface area contributed by atoms with Gasteiger partial charge in [-0.2, -0.15) is 0 Å². The van der Waals surface area contributed by atoms with E-state index in [0.717, 1.165) is 29.3 Å². The molecule has 4 rings (SSSR count). The summed E-state index contributed by atoms with van der Waals surface area (Å²) in [6, 6.07) is 7.45. The normalized spacial score (nSPS) is 21.1. The van der Waals surface area contributed by atoms with Crippen molar-refractivity contribution in [2.45, 2.75) is 96.5 Å². The fraction of sp³-hybridized carbons (Fsp3) is 0.621. The number of hydrogen-bond donors (Lipinski definition) is 1. The summed E-state index contributed by atoms with van der Waals surface area (Å²) in [5, 5.41) is 11.2. The molecule has 0 bridgehead atoms. The number of carbonyl (C=O) groups excluding carboxylic acids is 3. The van der Waals surface area contributed by atoms with Gasteiger partial charge < -0.3 is 24.4 Å². The van der Waals surface area contributed by atoms with Crippen LogP contribution < -0.4 is 0 Å². The first-order valence-corrected chi connectivity index (χ1v) is 13.5. The van der Waals surface area contributed by atoms with Gasteiger partial charge in [-0.15, -0.1) is 0 Å². The second-order valence-electron chi connectivity index (χ2n) is 12.5. The highest BCUT2D eigenvalue weighted by atomic mass is 16.6. The van der Waals surface area contributed by atoms with Crippen LogP contribution in [0.2, 0.25) is 0 Å². The Morgan fingerprint density at radius 2 is 1.55 bits per heavy atom. The van der Waals surface area contributed by atoms with E-state index in [0.29, 0.717) is 19.5 Å². The maximum atomic E-state index is 13.2. The predicted molar refractivity (Wildman–Crippen MR) is 144 cm³/mol. The van der Waals surface area contributed by atoms with Crippen LogP contribution >= 0.6 is 0 Å². The van der Waals surface area contributed by atoms with Crippen LogP contribution in [0.15, 0.2) is 30.5 Å². The molecule has 2 fully saturated rings. The van der Waals surface area contributed by atoms with E-state index in [4.69, 9.17) is 9.47 Å². The summed E-state index contributed by atoms with van der Waals surface area (Å²) < 4.78 is 12.7. The smallest absolute Gasteiger partial charge is 0.419 e. The van der Waals surface area contributed by atoms with E-state index in [1.807, 2.05) is 56.1 Å². The average Bonchev–Trinajstić information content (AvgIpc) is 3.37. The van der Waals surface area contributed by atoms with Crippen molar-refractivity contribution < 1.29 is 29.0 Å². The van der Waals surface area contributed by atoms with Crippen LogP contribution in [0.5, 0.6) is 0 Å². The highest BCUT2D eigenvalue weighted by Gasteiger charge is 2.39. The summed E-state index contributed by atoms with van der Waals surface area (Å²) >= 11 is 0. The van der Waals surface area contributed by atoms with Crippen LogP contribution in [0.1, 0.15) is 78.7 Å². The minimum atomic E-state index is -0.659. The molecule has 0 aliphatic carbocycles. The first-order chi connectivity index (χ1) is 17.7. The SMILES string of the molecule is CC(C)(C)OC(=O)N1CC(O)CC1CC(=O)N1CCC(c2cn(C(=O)OC(C)(C)C)c3ccccc23)CC1. The first-order valence-electron chi connectivity index (χ1n) is 13.5. The third-order valence-corrected chi connectivity index (χ3v) is 7.05. The number of piperidine rings is 1. The van der Waals surface area contributed by atoms with Crippen molar-refractivity contribution in [3.05, 3.63) is 36.0 Å². The Morgan fingerprint density at radius 1 is 0.947 bits per heavy atom. The topological polar surface area (TPSA) is 101 Å². The molecule has 2 aliphatic heterocycles. The number of likely N-dealkylation sites (tertiary alicyclic amines) is 2. The molecule has 2 unspecified atom stereocenters. The van der Waals surface area contributed by atoms with Crippen molar-refractivity contribution in [3.63, 3.8) is 0 Å². The Hall–Kier alpha value is -3.07. The number of carbonyl (C=O) groups is 3. The molecule has 38 heavy (non-hydrogen) atoms. The zero-order valence-corrected chi connectivity index (χ0v) is 23.4. The van der Waals surface area contributed by atoms with Crippen LogP contribution in [0.3, 0.4) is 0 Å². The predicted octanol–water partition coefficient (Wildman–Crippen LogP) is 4.89. The number of benzene rings is 1. The lowest BCUT2D eigenvalue weighted by Crippen LogP contribution is -2.44. The molecule has 1 aromatic heterocycles. The summed E-state index contributed by atoms with van der Waals surface area (Å²) in [6.07, 6.45) is 2.42. The first kappa shape index (κ1) is 28.0. The molecule has 1 aromatic carbocycles. The molecule has 208 valence electrons. The molecule has 3 heterocycles. The van der Waals surface area contributed by atoms with Gasteiger partial charge in [-0.1, -0.05) is 18.2 Å². The summed E-state index contributed by atoms with van der Waals surface area (Å²) in [5.41, 5.74) is 0.669. The van der Waals surface area contributed by atoms with E-state index in [2.05, 4.69) is 0 Å². The Labute approximate surface area is 224 Å². The van der Waals surface area contributed by atoms with Crippen LogP contribution in [-0.2, 0) is 14.3 Å². The van der Waals surface area contributed by atoms with E-state index in [9.17, 15) is 19.5 Å². The zero-order valence-electron chi connectivity index (χ0n) is 23.4. The maximum absolute atomic E-state index is 13.2. The third-order valence-electron chi connectivity index (χ3n) is 7.05.